The van der Waals surface area contributed by atoms with Crippen LogP contribution < -0.4 is 5.32 Å². The van der Waals surface area contributed by atoms with E-state index in [-0.39, 0.29) is 0 Å². The van der Waals surface area contributed by atoms with E-state index < -0.39 is 10.8 Å². The maximum Gasteiger partial charge on any atom is 0.0394 e. The lowest BCUT2D eigenvalue weighted by Gasteiger charge is -2.24. The molecule has 2 nitrogen and oxygen atoms in total. The minimum absolute atomic E-state index is 0.467. The van der Waals surface area contributed by atoms with Crippen molar-refractivity contribution in [2.24, 2.45) is 5.41 Å². The molecular weight excluding hydrogens is 182 g/mol. The first-order valence-electron chi connectivity index (χ1n) is 5.21. The highest BCUT2D eigenvalue weighted by atomic mass is 32.2. The SMILES string of the molecule is CC1CCS(=O)CC(C2(C)CC2)N1. The zero-order chi connectivity index (χ0) is 9.47. The molecule has 1 saturated heterocycles. The van der Waals surface area contributed by atoms with Crippen LogP contribution in [0.1, 0.15) is 33.1 Å². The molecule has 0 amide bonds. The van der Waals surface area contributed by atoms with E-state index in [4.69, 9.17) is 0 Å². The van der Waals surface area contributed by atoms with E-state index >= 15 is 0 Å². The summed E-state index contributed by atoms with van der Waals surface area (Å²) in [6, 6.07) is 1.06. The summed E-state index contributed by atoms with van der Waals surface area (Å²) in [4.78, 5) is 0. The van der Waals surface area contributed by atoms with Crippen LogP contribution in [0, 0.1) is 5.41 Å². The minimum Gasteiger partial charge on any atom is -0.310 e. The van der Waals surface area contributed by atoms with Gasteiger partial charge in [-0.2, -0.15) is 0 Å². The molecule has 13 heavy (non-hydrogen) atoms. The maximum absolute atomic E-state index is 11.6. The summed E-state index contributed by atoms with van der Waals surface area (Å²) in [7, 11) is -0.577. The van der Waals surface area contributed by atoms with E-state index in [1.54, 1.807) is 0 Å². The van der Waals surface area contributed by atoms with Crippen molar-refractivity contribution in [1.82, 2.24) is 5.32 Å². The molecule has 2 fully saturated rings. The average Bonchev–Trinajstić information content (AvgIpc) is 2.81. The Hall–Kier alpha value is 0.110. The summed E-state index contributed by atoms with van der Waals surface area (Å²) >= 11 is 0. The van der Waals surface area contributed by atoms with Crippen LogP contribution in [0.15, 0.2) is 0 Å². The van der Waals surface area contributed by atoms with E-state index in [0.29, 0.717) is 17.5 Å². The van der Waals surface area contributed by atoms with Crippen molar-refractivity contribution in [3.63, 3.8) is 0 Å². The van der Waals surface area contributed by atoms with Crippen LogP contribution in [0.3, 0.4) is 0 Å². The molecule has 1 N–H and O–H groups in total. The first-order chi connectivity index (χ1) is 6.10. The van der Waals surface area contributed by atoms with Crippen LogP contribution in [-0.4, -0.2) is 27.8 Å². The van der Waals surface area contributed by atoms with E-state index in [2.05, 4.69) is 19.2 Å². The Labute approximate surface area is 82.9 Å². The summed E-state index contributed by atoms with van der Waals surface area (Å²) < 4.78 is 11.6. The van der Waals surface area contributed by atoms with E-state index in [0.717, 1.165) is 17.9 Å². The van der Waals surface area contributed by atoms with Crippen molar-refractivity contribution in [2.45, 2.75) is 45.2 Å². The Kier molecular flexibility index (Phi) is 2.49. The second-order valence-corrected chi connectivity index (χ2v) is 6.49. The van der Waals surface area contributed by atoms with Gasteiger partial charge in [-0.25, -0.2) is 0 Å². The third-order valence-corrected chi connectivity index (χ3v) is 4.89. The molecule has 3 heteroatoms. The van der Waals surface area contributed by atoms with E-state index in [1.165, 1.54) is 12.8 Å². The van der Waals surface area contributed by atoms with Crippen LogP contribution in [0.25, 0.3) is 0 Å². The molecule has 1 aliphatic carbocycles. The van der Waals surface area contributed by atoms with Crippen molar-refractivity contribution in [1.29, 1.82) is 0 Å². The fourth-order valence-electron chi connectivity index (χ4n) is 2.00. The summed E-state index contributed by atoms with van der Waals surface area (Å²) in [6.07, 6.45) is 3.70. The molecule has 1 saturated carbocycles. The first kappa shape index (κ1) is 9.66. The summed E-state index contributed by atoms with van der Waals surface area (Å²) in [5, 5.41) is 3.62. The van der Waals surface area contributed by atoms with Gasteiger partial charge in [0.05, 0.1) is 0 Å². The van der Waals surface area contributed by atoms with Gasteiger partial charge in [0.2, 0.25) is 0 Å². The van der Waals surface area contributed by atoms with Gasteiger partial charge in [-0.3, -0.25) is 4.21 Å². The smallest absolute Gasteiger partial charge is 0.0394 e. The van der Waals surface area contributed by atoms with Gasteiger partial charge in [-0.1, -0.05) is 6.92 Å². The molecule has 0 spiro atoms. The van der Waals surface area contributed by atoms with Crippen molar-refractivity contribution in [3.05, 3.63) is 0 Å². The van der Waals surface area contributed by atoms with Crippen molar-refractivity contribution in [2.75, 3.05) is 11.5 Å². The highest BCUT2D eigenvalue weighted by molar-refractivity contribution is 7.85. The highest BCUT2D eigenvalue weighted by Gasteiger charge is 2.46. The second-order valence-electron chi connectivity index (χ2n) is 4.87. The Morgan fingerprint density at radius 3 is 2.77 bits per heavy atom. The molecule has 76 valence electrons. The topological polar surface area (TPSA) is 29.1 Å². The molecule has 0 bridgehead atoms. The van der Waals surface area contributed by atoms with E-state index in [1.807, 2.05) is 0 Å². The third-order valence-electron chi connectivity index (χ3n) is 3.50. The standard InChI is InChI=1S/C10H19NOS/c1-8-3-6-13(12)7-9(11-8)10(2)4-5-10/h8-9,11H,3-7H2,1-2H3. The van der Waals surface area contributed by atoms with Crippen LogP contribution in [0.5, 0.6) is 0 Å². The summed E-state index contributed by atoms with van der Waals surface area (Å²) in [6.45, 7) is 4.53. The van der Waals surface area contributed by atoms with Gasteiger partial charge >= 0.3 is 0 Å². The molecule has 0 aromatic carbocycles. The largest absolute Gasteiger partial charge is 0.310 e. The average molecular weight is 201 g/mol. The Bertz CT molecular complexity index is 225. The molecule has 2 aliphatic rings. The van der Waals surface area contributed by atoms with Gasteiger partial charge in [0, 0.05) is 34.4 Å². The van der Waals surface area contributed by atoms with Crippen molar-refractivity contribution in [3.8, 4) is 0 Å². The molecule has 0 aromatic heterocycles. The first-order valence-corrected chi connectivity index (χ1v) is 6.70. The van der Waals surface area contributed by atoms with Crippen molar-refractivity contribution >= 4 is 10.8 Å². The van der Waals surface area contributed by atoms with Crippen LogP contribution in [-0.2, 0) is 10.8 Å². The van der Waals surface area contributed by atoms with Crippen LogP contribution in [0.2, 0.25) is 0 Å². The van der Waals surface area contributed by atoms with Gasteiger partial charge in [-0.05, 0) is 31.6 Å². The molecule has 1 aliphatic heterocycles. The highest BCUT2D eigenvalue weighted by Crippen LogP contribution is 2.48. The fourth-order valence-corrected chi connectivity index (χ4v) is 3.65. The normalized spacial score (nSPS) is 44.0. The Morgan fingerprint density at radius 1 is 1.46 bits per heavy atom. The van der Waals surface area contributed by atoms with Crippen LogP contribution in [0.4, 0.5) is 0 Å². The number of hydrogen-bond acceptors (Lipinski definition) is 2. The lowest BCUT2D eigenvalue weighted by molar-refractivity contribution is 0.353. The quantitative estimate of drug-likeness (QED) is 0.692. The number of hydrogen-bond donors (Lipinski definition) is 1. The third kappa shape index (κ3) is 2.13. The lowest BCUT2D eigenvalue weighted by Crippen LogP contribution is -2.42. The molecule has 1 heterocycles. The van der Waals surface area contributed by atoms with Gasteiger partial charge in [0.25, 0.3) is 0 Å². The Balaban J connectivity index is 2.04. The molecule has 3 atom stereocenters. The van der Waals surface area contributed by atoms with Gasteiger partial charge < -0.3 is 5.32 Å². The molecule has 0 radical (unpaired) electrons. The van der Waals surface area contributed by atoms with E-state index in [9.17, 15) is 4.21 Å². The summed E-state index contributed by atoms with van der Waals surface area (Å²) in [5.41, 5.74) is 0.467. The number of nitrogens with one attached hydrogen (secondary N) is 1. The monoisotopic (exact) mass is 201 g/mol. The number of rotatable bonds is 1. The molecule has 3 unspecified atom stereocenters. The lowest BCUT2D eigenvalue weighted by atomic mass is 9.99. The second kappa shape index (κ2) is 3.35. The fraction of sp³-hybridized carbons (Fsp3) is 1.00. The van der Waals surface area contributed by atoms with Crippen LogP contribution >= 0.6 is 0 Å². The van der Waals surface area contributed by atoms with Gasteiger partial charge in [-0.15, -0.1) is 0 Å². The molecular formula is C10H19NOS. The predicted molar refractivity (Wildman–Crippen MR) is 56.2 cm³/mol. The van der Waals surface area contributed by atoms with Gasteiger partial charge in [0.15, 0.2) is 0 Å². The molecule has 0 aromatic rings. The molecule has 2 rings (SSSR count). The van der Waals surface area contributed by atoms with Gasteiger partial charge in [0.1, 0.15) is 0 Å². The van der Waals surface area contributed by atoms with Crippen molar-refractivity contribution < 1.29 is 4.21 Å². The predicted octanol–water partition coefficient (Wildman–Crippen LogP) is 1.29. The Morgan fingerprint density at radius 2 is 2.15 bits per heavy atom. The zero-order valence-electron chi connectivity index (χ0n) is 8.51. The zero-order valence-corrected chi connectivity index (χ0v) is 9.32. The summed E-state index contributed by atoms with van der Waals surface area (Å²) in [5.74, 6) is 1.77. The maximum atomic E-state index is 11.6. The minimum atomic E-state index is -0.577.